The number of hydrogen-bond acceptors (Lipinski definition) is 5. The molecular weight excluding hydrogens is 330 g/mol. The van der Waals surface area contributed by atoms with Gasteiger partial charge in [-0.15, -0.1) is 0 Å². The van der Waals surface area contributed by atoms with Crippen molar-refractivity contribution in [2.45, 2.75) is 19.8 Å². The largest absolute Gasteiger partial charge is 0.452 e. The van der Waals surface area contributed by atoms with E-state index >= 15 is 0 Å². The van der Waals surface area contributed by atoms with Gasteiger partial charge in [-0.25, -0.2) is 4.79 Å². The average Bonchev–Trinajstić information content (AvgIpc) is 2.66. The van der Waals surface area contributed by atoms with Gasteiger partial charge in [-0.2, -0.15) is 0 Å². The molecule has 2 aromatic carbocycles. The van der Waals surface area contributed by atoms with Crippen LogP contribution >= 0.6 is 0 Å². The Labute approximate surface area is 151 Å². The highest BCUT2D eigenvalue weighted by molar-refractivity contribution is 6.02. The predicted octanol–water partition coefficient (Wildman–Crippen LogP) is 3.55. The van der Waals surface area contributed by atoms with Gasteiger partial charge in [-0.1, -0.05) is 32.0 Å². The van der Waals surface area contributed by atoms with Crippen LogP contribution < -0.4 is 5.32 Å². The zero-order valence-corrected chi connectivity index (χ0v) is 14.6. The van der Waals surface area contributed by atoms with Crippen LogP contribution in [-0.2, 0) is 9.53 Å². The van der Waals surface area contributed by atoms with Gasteiger partial charge < -0.3 is 10.1 Å². The standard InChI is InChI=1S/C20H19N3O3/c1-13(2)14-6-8-15(9-7-14)23-18(24)12-26-20(25)16-4-3-5-17-19(16)22-11-10-21-17/h3-11,13H,12H2,1-2H3,(H,23,24). The molecule has 0 atom stereocenters. The lowest BCUT2D eigenvalue weighted by Gasteiger charge is -2.09. The number of anilines is 1. The molecule has 132 valence electrons. The van der Waals surface area contributed by atoms with Crippen molar-refractivity contribution in [3.63, 3.8) is 0 Å². The van der Waals surface area contributed by atoms with E-state index in [1.165, 1.54) is 11.8 Å². The quantitative estimate of drug-likeness (QED) is 0.713. The summed E-state index contributed by atoms with van der Waals surface area (Å²) in [5, 5.41) is 2.71. The van der Waals surface area contributed by atoms with E-state index in [4.69, 9.17) is 4.74 Å². The second kappa shape index (κ2) is 7.74. The summed E-state index contributed by atoms with van der Waals surface area (Å²) in [6, 6.07) is 12.6. The molecule has 1 N–H and O–H groups in total. The third-order valence-corrected chi connectivity index (χ3v) is 3.91. The smallest absolute Gasteiger partial charge is 0.340 e. The fourth-order valence-corrected chi connectivity index (χ4v) is 2.51. The first-order chi connectivity index (χ1) is 12.5. The van der Waals surface area contributed by atoms with Crippen molar-refractivity contribution in [1.29, 1.82) is 0 Å². The third-order valence-electron chi connectivity index (χ3n) is 3.91. The molecule has 0 unspecified atom stereocenters. The number of carbonyl (C=O) groups is 2. The van der Waals surface area contributed by atoms with Crippen LogP contribution in [0.1, 0.15) is 35.7 Å². The van der Waals surface area contributed by atoms with E-state index in [0.29, 0.717) is 22.6 Å². The lowest BCUT2D eigenvalue weighted by molar-refractivity contribution is -0.119. The molecule has 0 bridgehead atoms. The molecule has 3 aromatic rings. The van der Waals surface area contributed by atoms with Crippen molar-refractivity contribution in [2.24, 2.45) is 0 Å². The average molecular weight is 349 g/mol. The van der Waals surface area contributed by atoms with Gasteiger partial charge in [0.2, 0.25) is 0 Å². The Morgan fingerprint density at radius 1 is 1.04 bits per heavy atom. The second-order valence-corrected chi connectivity index (χ2v) is 6.13. The highest BCUT2D eigenvalue weighted by Crippen LogP contribution is 2.17. The van der Waals surface area contributed by atoms with Crippen LogP contribution in [0.5, 0.6) is 0 Å². The van der Waals surface area contributed by atoms with E-state index in [-0.39, 0.29) is 12.2 Å². The predicted molar refractivity (Wildman–Crippen MR) is 99.0 cm³/mol. The highest BCUT2D eigenvalue weighted by atomic mass is 16.5. The van der Waals surface area contributed by atoms with Crippen molar-refractivity contribution in [1.82, 2.24) is 9.97 Å². The molecule has 0 spiro atoms. The Balaban J connectivity index is 1.61. The van der Waals surface area contributed by atoms with Gasteiger partial charge in [-0.3, -0.25) is 14.8 Å². The molecule has 0 aliphatic rings. The lowest BCUT2D eigenvalue weighted by atomic mass is 10.0. The number of nitrogens with zero attached hydrogens (tertiary/aromatic N) is 2. The minimum Gasteiger partial charge on any atom is -0.452 e. The second-order valence-electron chi connectivity index (χ2n) is 6.13. The van der Waals surface area contributed by atoms with Crippen LogP contribution in [0.15, 0.2) is 54.9 Å². The summed E-state index contributed by atoms with van der Waals surface area (Å²) in [7, 11) is 0. The van der Waals surface area contributed by atoms with Crippen molar-refractivity contribution < 1.29 is 14.3 Å². The molecule has 1 amide bonds. The molecule has 0 saturated heterocycles. The molecule has 0 fully saturated rings. The van der Waals surface area contributed by atoms with Crippen LogP contribution in [0.3, 0.4) is 0 Å². The summed E-state index contributed by atoms with van der Waals surface area (Å²) in [5.74, 6) is -0.590. The van der Waals surface area contributed by atoms with E-state index in [0.717, 1.165) is 0 Å². The number of amides is 1. The van der Waals surface area contributed by atoms with Crippen molar-refractivity contribution in [2.75, 3.05) is 11.9 Å². The molecule has 1 heterocycles. The molecule has 0 saturated carbocycles. The summed E-state index contributed by atoms with van der Waals surface area (Å²) in [6.07, 6.45) is 3.06. The van der Waals surface area contributed by atoms with Crippen LogP contribution in [-0.4, -0.2) is 28.5 Å². The van der Waals surface area contributed by atoms with Gasteiger partial charge in [0.05, 0.1) is 11.1 Å². The fraction of sp³-hybridized carbons (Fsp3) is 0.200. The number of hydrogen-bond donors (Lipinski definition) is 1. The van der Waals surface area contributed by atoms with Gasteiger partial charge in [-0.05, 0) is 35.7 Å². The molecule has 1 aromatic heterocycles. The number of benzene rings is 2. The Kier molecular flexibility index (Phi) is 5.22. The van der Waals surface area contributed by atoms with Crippen LogP contribution in [0.2, 0.25) is 0 Å². The van der Waals surface area contributed by atoms with Gasteiger partial charge in [0.15, 0.2) is 6.61 Å². The van der Waals surface area contributed by atoms with E-state index in [1.54, 1.807) is 24.4 Å². The monoisotopic (exact) mass is 349 g/mol. The SMILES string of the molecule is CC(C)c1ccc(NC(=O)COC(=O)c2cccc3nccnc23)cc1. The zero-order valence-electron chi connectivity index (χ0n) is 14.6. The first kappa shape index (κ1) is 17.5. The van der Waals surface area contributed by atoms with Crippen LogP contribution in [0.25, 0.3) is 11.0 Å². The molecule has 26 heavy (non-hydrogen) atoms. The number of ether oxygens (including phenoxy) is 1. The molecule has 3 rings (SSSR count). The highest BCUT2D eigenvalue weighted by Gasteiger charge is 2.14. The molecule has 0 aliphatic heterocycles. The normalized spacial score (nSPS) is 10.7. The van der Waals surface area contributed by atoms with Crippen molar-refractivity contribution in [3.8, 4) is 0 Å². The Hall–Kier alpha value is -3.28. The summed E-state index contributed by atoms with van der Waals surface area (Å²) in [4.78, 5) is 32.6. The number of esters is 1. The van der Waals surface area contributed by atoms with Crippen molar-refractivity contribution >= 4 is 28.6 Å². The lowest BCUT2D eigenvalue weighted by Crippen LogP contribution is -2.21. The van der Waals surface area contributed by atoms with E-state index in [2.05, 4.69) is 29.1 Å². The summed E-state index contributed by atoms with van der Waals surface area (Å²) in [5.41, 5.74) is 3.17. The Morgan fingerprint density at radius 3 is 2.50 bits per heavy atom. The molecule has 0 radical (unpaired) electrons. The minimum absolute atomic E-state index is 0.282. The Bertz CT molecular complexity index is 931. The number of aromatic nitrogens is 2. The Morgan fingerprint density at radius 2 is 1.77 bits per heavy atom. The number of nitrogens with one attached hydrogen (secondary N) is 1. The van der Waals surface area contributed by atoms with E-state index < -0.39 is 11.9 Å². The maximum atomic E-state index is 12.3. The van der Waals surface area contributed by atoms with Crippen LogP contribution in [0, 0.1) is 0 Å². The van der Waals surface area contributed by atoms with Crippen molar-refractivity contribution in [3.05, 3.63) is 66.0 Å². The molecule has 6 nitrogen and oxygen atoms in total. The summed E-state index contributed by atoms with van der Waals surface area (Å²) < 4.78 is 5.11. The van der Waals surface area contributed by atoms with E-state index in [9.17, 15) is 9.59 Å². The number of rotatable bonds is 5. The van der Waals surface area contributed by atoms with Gasteiger partial charge in [0.25, 0.3) is 5.91 Å². The number of fused-ring (bicyclic) bond motifs is 1. The maximum absolute atomic E-state index is 12.3. The maximum Gasteiger partial charge on any atom is 0.340 e. The van der Waals surface area contributed by atoms with Gasteiger partial charge >= 0.3 is 5.97 Å². The molecule has 0 aliphatic carbocycles. The third kappa shape index (κ3) is 4.03. The molecule has 6 heteroatoms. The number of carbonyl (C=O) groups excluding carboxylic acids is 2. The summed E-state index contributed by atoms with van der Waals surface area (Å²) >= 11 is 0. The fourth-order valence-electron chi connectivity index (χ4n) is 2.51. The first-order valence-electron chi connectivity index (χ1n) is 8.31. The van der Waals surface area contributed by atoms with Gasteiger partial charge in [0, 0.05) is 18.1 Å². The van der Waals surface area contributed by atoms with Gasteiger partial charge in [0.1, 0.15) is 5.52 Å². The topological polar surface area (TPSA) is 81.2 Å². The zero-order chi connectivity index (χ0) is 18.5. The summed E-state index contributed by atoms with van der Waals surface area (Å²) in [6.45, 7) is 3.83. The van der Waals surface area contributed by atoms with E-state index in [1.807, 2.05) is 24.3 Å². The first-order valence-corrected chi connectivity index (χ1v) is 8.31. The molecular formula is C20H19N3O3. The van der Waals surface area contributed by atoms with Crippen LogP contribution in [0.4, 0.5) is 5.69 Å². The minimum atomic E-state index is -0.610. The number of para-hydroxylation sites is 1.